The van der Waals surface area contributed by atoms with Crippen LogP contribution in [-0.4, -0.2) is 54.9 Å². The molecule has 0 aromatic heterocycles. The van der Waals surface area contributed by atoms with Crippen molar-refractivity contribution < 1.29 is 0 Å². The van der Waals surface area contributed by atoms with Crippen molar-refractivity contribution >= 4 is 73.7 Å². The third kappa shape index (κ3) is 23.6. The van der Waals surface area contributed by atoms with E-state index in [0.29, 0.717) is 0 Å². The van der Waals surface area contributed by atoms with E-state index in [-0.39, 0.29) is 38.1 Å². The molecule has 0 rings (SSSR count). The number of rotatable bonds is 1. The van der Waals surface area contributed by atoms with E-state index in [1.165, 1.54) is 16.7 Å². The molecule has 0 fully saturated rings. The van der Waals surface area contributed by atoms with E-state index in [0.717, 1.165) is 4.05 Å². The normalized spacial score (nSPS) is 5.88. The predicted molar refractivity (Wildman–Crippen MR) is 45.5 cm³/mol. The summed E-state index contributed by atoms with van der Waals surface area (Å²) in [5.74, 6) is 0. The van der Waals surface area contributed by atoms with Crippen molar-refractivity contribution in [3.8, 4) is 0 Å². The molecule has 8 heavy (non-hydrogen) atoms. The monoisotopic (exact) mass is 152 g/mol. The molecule has 0 amide bonds. The fraction of sp³-hybridized carbons (Fsp3) is 1.00. The van der Waals surface area contributed by atoms with Crippen LogP contribution >= 0.6 is 18.9 Å². The van der Waals surface area contributed by atoms with Gasteiger partial charge in [0.15, 0.2) is 0 Å². The van der Waals surface area contributed by atoms with Crippen LogP contribution in [0.3, 0.4) is 0 Å². The van der Waals surface area contributed by atoms with Gasteiger partial charge in [-0.1, -0.05) is 13.8 Å². The molecule has 0 heterocycles. The zero-order chi connectivity index (χ0) is 6.28. The molecule has 0 aromatic rings. The molecular formula is C3H8Cl2Li2Mg. The maximum absolute atomic E-state index is 5.48. The third-order valence-electron chi connectivity index (χ3n) is 0.309. The number of hydrogen-bond donors (Lipinski definition) is 0. The molecule has 0 radical (unpaired) electrons. The molecule has 0 bridgehead atoms. The van der Waals surface area contributed by atoms with Crippen LogP contribution in [0.4, 0.5) is 0 Å². The zero-order valence-electron chi connectivity index (χ0n) is 5.04. The summed E-state index contributed by atoms with van der Waals surface area (Å²) in [5, 5.41) is 0. The molecule has 0 atom stereocenters. The van der Waals surface area contributed by atoms with E-state index >= 15 is 0 Å². The Balaban J connectivity index is -0.0000000750. The van der Waals surface area contributed by atoms with Gasteiger partial charge in [0.2, 0.25) is 0 Å². The molecule has 0 saturated heterocycles. The first-order chi connectivity index (χ1) is 3.27. The average molecular weight is 153 g/mol. The second-order valence-electron chi connectivity index (χ2n) is 1.55. The average Bonchev–Trinajstić information content (AvgIpc) is 1.73. The van der Waals surface area contributed by atoms with E-state index in [2.05, 4.69) is 23.6 Å². The number of halogens is 2. The molecule has 0 aromatic carbocycles. The number of hydrogen-bond acceptors (Lipinski definition) is 0. The molecule has 0 aliphatic rings. The van der Waals surface area contributed by atoms with Gasteiger partial charge in [-0.25, -0.2) is 0 Å². The first-order valence-corrected chi connectivity index (χ1v) is 5.92. The zero-order valence-corrected chi connectivity index (χ0v) is 7.97. The van der Waals surface area contributed by atoms with Gasteiger partial charge in [0.1, 0.15) is 0 Å². The standard InChI is InChI=1S/C3H7.2ClH.2Li.Mg.H/c1-3-2;;;;;;/h3H,1-2H3;2*1H;;;;/q;;;;2*+1;/p-2. The van der Waals surface area contributed by atoms with Gasteiger partial charge < -0.3 is 9.07 Å². The molecule has 0 unspecified atom stereocenters. The fourth-order valence-corrected chi connectivity index (χ4v) is 0. The SMILES string of the molecule is C[CH](C)[Mg][Cl].[LiH].[Li][Cl]. The van der Waals surface area contributed by atoms with Crippen molar-refractivity contribution in [2.24, 2.45) is 0 Å². The van der Waals surface area contributed by atoms with Gasteiger partial charge in [0.25, 0.3) is 0 Å². The van der Waals surface area contributed by atoms with Crippen molar-refractivity contribution in [3.63, 3.8) is 0 Å². The van der Waals surface area contributed by atoms with Crippen LogP contribution in [0.2, 0.25) is 4.05 Å². The van der Waals surface area contributed by atoms with E-state index < -0.39 is 0 Å². The Kier molecular flexibility index (Phi) is 34.3. The minimum absolute atomic E-state index is 0. The van der Waals surface area contributed by atoms with Crippen LogP contribution in [0, 0.1) is 0 Å². The molecule has 0 saturated carbocycles. The first kappa shape index (κ1) is 16.9. The van der Waals surface area contributed by atoms with Crippen LogP contribution in [0.5, 0.6) is 0 Å². The van der Waals surface area contributed by atoms with Gasteiger partial charge in [-0.2, -0.15) is 0 Å². The van der Waals surface area contributed by atoms with Crippen LogP contribution in [0.15, 0.2) is 0 Å². The molecule has 0 N–H and O–H groups in total. The van der Waals surface area contributed by atoms with Gasteiger partial charge in [0, 0.05) is 0 Å². The molecule has 0 aliphatic carbocycles. The van der Waals surface area contributed by atoms with Gasteiger partial charge in [-0.05, 0) is 0 Å². The molecular weight excluding hydrogens is 145 g/mol. The van der Waals surface area contributed by atoms with Crippen molar-refractivity contribution in [3.05, 3.63) is 0 Å². The Morgan fingerprint density at radius 2 is 1.50 bits per heavy atom. The Labute approximate surface area is 90.4 Å². The van der Waals surface area contributed by atoms with E-state index in [1.54, 1.807) is 0 Å². The van der Waals surface area contributed by atoms with Crippen molar-refractivity contribution in [2.75, 3.05) is 0 Å². The van der Waals surface area contributed by atoms with Crippen LogP contribution < -0.4 is 0 Å². The predicted octanol–water partition coefficient (Wildman–Crippen LogP) is 1.33. The Morgan fingerprint density at radius 3 is 1.50 bits per heavy atom. The van der Waals surface area contributed by atoms with Crippen LogP contribution in [-0.2, 0) is 0 Å². The summed E-state index contributed by atoms with van der Waals surface area (Å²) in [6, 6.07) is 0. The molecule has 5 heteroatoms. The van der Waals surface area contributed by atoms with Gasteiger partial charge in [-0.15, -0.1) is 4.05 Å². The van der Waals surface area contributed by atoms with E-state index in [9.17, 15) is 0 Å². The van der Waals surface area contributed by atoms with E-state index in [1.807, 2.05) is 0 Å². The maximum atomic E-state index is 5.48. The Bertz CT molecular complexity index is 29.2. The topological polar surface area (TPSA) is 0 Å². The molecule has 38 valence electrons. The van der Waals surface area contributed by atoms with Crippen molar-refractivity contribution in [1.82, 2.24) is 0 Å². The van der Waals surface area contributed by atoms with Crippen LogP contribution in [0.25, 0.3) is 0 Å². The minimum atomic E-state index is -0.179. The third-order valence-corrected chi connectivity index (χ3v) is 2.78. The first-order valence-electron chi connectivity index (χ1n) is 2.21. The quantitative estimate of drug-likeness (QED) is 0.498. The fourth-order valence-electron chi connectivity index (χ4n) is 0. The van der Waals surface area contributed by atoms with Gasteiger partial charge in [-0.3, -0.25) is 0 Å². The molecule has 0 aliphatic heterocycles. The Hall–Kier alpha value is 2.54. The summed E-state index contributed by atoms with van der Waals surface area (Å²) in [6.07, 6.45) is 0. The van der Waals surface area contributed by atoms with Crippen molar-refractivity contribution in [1.29, 1.82) is 0 Å². The van der Waals surface area contributed by atoms with Gasteiger partial charge >= 0.3 is 64.7 Å². The second-order valence-corrected chi connectivity index (χ2v) is 4.42. The summed E-state index contributed by atoms with van der Waals surface area (Å²) in [7, 11) is 10.1. The van der Waals surface area contributed by atoms with Crippen LogP contribution in [0.1, 0.15) is 13.8 Å². The summed E-state index contributed by atoms with van der Waals surface area (Å²) in [4.78, 5) is 0. The second kappa shape index (κ2) is 16.3. The summed E-state index contributed by atoms with van der Waals surface area (Å²) in [5.41, 5.74) is 0. The molecule has 0 spiro atoms. The van der Waals surface area contributed by atoms with Crippen molar-refractivity contribution in [2.45, 2.75) is 17.9 Å². The van der Waals surface area contributed by atoms with Gasteiger partial charge in [0.05, 0.1) is 0 Å². The molecule has 0 nitrogen and oxygen atoms in total. The van der Waals surface area contributed by atoms with E-state index in [4.69, 9.17) is 9.07 Å². The Morgan fingerprint density at radius 1 is 1.38 bits per heavy atom. The summed E-state index contributed by atoms with van der Waals surface area (Å²) in [6.45, 7) is 4.30. The summed E-state index contributed by atoms with van der Waals surface area (Å²) < 4.78 is 0.789. The summed E-state index contributed by atoms with van der Waals surface area (Å²) >= 11 is 1.29.